The lowest BCUT2D eigenvalue weighted by atomic mass is 9.84. The van der Waals surface area contributed by atoms with Crippen LogP contribution in [-0.4, -0.2) is 62.3 Å². The van der Waals surface area contributed by atoms with E-state index in [-0.39, 0.29) is 5.60 Å². The third-order valence-corrected chi connectivity index (χ3v) is 4.10. The van der Waals surface area contributed by atoms with Crippen LogP contribution in [0.1, 0.15) is 32.1 Å². The largest absolute Gasteiger partial charge is 0.368 e. The van der Waals surface area contributed by atoms with E-state index < -0.39 is 0 Å². The molecular weight excluding hydrogens is 200 g/mol. The van der Waals surface area contributed by atoms with Crippen molar-refractivity contribution in [2.45, 2.75) is 43.7 Å². The third-order valence-electron chi connectivity index (χ3n) is 4.10. The zero-order valence-corrected chi connectivity index (χ0v) is 11.0. The van der Waals surface area contributed by atoms with Gasteiger partial charge in [0.05, 0.1) is 6.61 Å². The van der Waals surface area contributed by atoms with E-state index >= 15 is 0 Å². The lowest BCUT2D eigenvalue weighted by Gasteiger charge is -2.36. The van der Waals surface area contributed by atoms with Crippen LogP contribution in [0.3, 0.4) is 0 Å². The van der Waals surface area contributed by atoms with Crippen molar-refractivity contribution in [1.82, 2.24) is 9.80 Å². The second kappa shape index (κ2) is 5.03. The third kappa shape index (κ3) is 2.76. The summed E-state index contributed by atoms with van der Waals surface area (Å²) in [6.07, 6.45) is 6.63. The molecule has 0 bridgehead atoms. The molecule has 16 heavy (non-hydrogen) atoms. The molecule has 3 heteroatoms. The van der Waals surface area contributed by atoms with Gasteiger partial charge in [0.1, 0.15) is 5.60 Å². The van der Waals surface area contributed by atoms with Gasteiger partial charge in [0.25, 0.3) is 0 Å². The summed E-state index contributed by atoms with van der Waals surface area (Å²) in [5.74, 6) is 0. The van der Waals surface area contributed by atoms with Gasteiger partial charge in [0.15, 0.2) is 0 Å². The second-order valence-corrected chi connectivity index (χ2v) is 5.75. The molecule has 2 unspecified atom stereocenters. The molecule has 2 aliphatic rings. The van der Waals surface area contributed by atoms with Crippen LogP contribution in [0.4, 0.5) is 0 Å². The second-order valence-electron chi connectivity index (χ2n) is 5.75. The highest BCUT2D eigenvalue weighted by atomic mass is 16.6. The number of hydrogen-bond acceptors (Lipinski definition) is 3. The minimum Gasteiger partial charge on any atom is -0.368 e. The monoisotopic (exact) mass is 226 g/mol. The molecule has 2 rings (SSSR count). The number of likely N-dealkylation sites (N-methyl/N-ethyl adjacent to an activating group) is 1. The van der Waals surface area contributed by atoms with Crippen molar-refractivity contribution in [1.29, 1.82) is 0 Å². The molecule has 1 spiro atoms. The summed E-state index contributed by atoms with van der Waals surface area (Å²) >= 11 is 0. The van der Waals surface area contributed by atoms with Gasteiger partial charge in [-0.05, 0) is 53.5 Å². The van der Waals surface area contributed by atoms with E-state index in [1.165, 1.54) is 45.2 Å². The molecule has 94 valence electrons. The Hall–Kier alpha value is -0.120. The van der Waals surface area contributed by atoms with Crippen molar-refractivity contribution in [2.75, 3.05) is 40.8 Å². The van der Waals surface area contributed by atoms with Crippen molar-refractivity contribution in [3.05, 3.63) is 0 Å². The summed E-state index contributed by atoms with van der Waals surface area (Å²) in [6.45, 7) is 3.40. The average molecular weight is 226 g/mol. The van der Waals surface area contributed by atoms with Crippen molar-refractivity contribution in [3.63, 3.8) is 0 Å². The summed E-state index contributed by atoms with van der Waals surface area (Å²) in [7, 11) is 6.56. The molecule has 2 fully saturated rings. The smallest absolute Gasteiger partial charge is 0.107 e. The normalized spacial score (nSPS) is 33.9. The van der Waals surface area contributed by atoms with Crippen LogP contribution < -0.4 is 0 Å². The molecule has 1 aliphatic carbocycles. The fourth-order valence-corrected chi connectivity index (χ4v) is 3.04. The SMILES string of the molecule is CN(C)CCCN(C)C1CCCCC12CO2. The zero-order valence-electron chi connectivity index (χ0n) is 11.0. The Labute approximate surface area is 99.7 Å². The van der Waals surface area contributed by atoms with Gasteiger partial charge < -0.3 is 14.5 Å². The Balaban J connectivity index is 1.77. The van der Waals surface area contributed by atoms with E-state index in [0.29, 0.717) is 6.04 Å². The lowest BCUT2D eigenvalue weighted by Crippen LogP contribution is -2.46. The van der Waals surface area contributed by atoms with Gasteiger partial charge in [-0.1, -0.05) is 12.8 Å². The number of rotatable bonds is 5. The van der Waals surface area contributed by atoms with E-state index in [1.807, 2.05) is 0 Å². The summed E-state index contributed by atoms with van der Waals surface area (Å²) < 4.78 is 5.75. The molecule has 0 radical (unpaired) electrons. The minimum absolute atomic E-state index is 0.269. The maximum Gasteiger partial charge on any atom is 0.107 e. The van der Waals surface area contributed by atoms with Crippen LogP contribution >= 0.6 is 0 Å². The molecule has 0 aromatic rings. The highest BCUT2D eigenvalue weighted by Crippen LogP contribution is 2.43. The van der Waals surface area contributed by atoms with Crippen LogP contribution in [-0.2, 0) is 4.74 Å². The van der Waals surface area contributed by atoms with Gasteiger partial charge >= 0.3 is 0 Å². The Morgan fingerprint density at radius 3 is 2.56 bits per heavy atom. The first-order valence-corrected chi connectivity index (χ1v) is 6.63. The van der Waals surface area contributed by atoms with E-state index in [0.717, 1.165) is 6.61 Å². The van der Waals surface area contributed by atoms with Gasteiger partial charge in [-0.3, -0.25) is 0 Å². The van der Waals surface area contributed by atoms with Crippen LogP contribution in [0.2, 0.25) is 0 Å². The summed E-state index contributed by atoms with van der Waals surface area (Å²) in [5.41, 5.74) is 0.269. The molecule has 0 N–H and O–H groups in total. The zero-order chi connectivity index (χ0) is 11.6. The maximum absolute atomic E-state index is 5.75. The van der Waals surface area contributed by atoms with Gasteiger partial charge in [0, 0.05) is 6.04 Å². The minimum atomic E-state index is 0.269. The fourth-order valence-electron chi connectivity index (χ4n) is 3.04. The standard InChI is InChI=1S/C13H26N2O/c1-14(2)9-6-10-15(3)12-7-4-5-8-13(12)11-16-13/h12H,4-11H2,1-3H3. The highest BCUT2D eigenvalue weighted by molar-refractivity contribution is 5.05. The first-order valence-electron chi connectivity index (χ1n) is 6.63. The molecule has 3 nitrogen and oxygen atoms in total. The number of epoxide rings is 1. The molecule has 1 aliphatic heterocycles. The van der Waals surface area contributed by atoms with Crippen molar-refractivity contribution in [2.24, 2.45) is 0 Å². The first-order chi connectivity index (χ1) is 7.64. The summed E-state index contributed by atoms with van der Waals surface area (Å²) in [6, 6.07) is 0.684. The fraction of sp³-hybridized carbons (Fsp3) is 1.00. The molecule has 1 heterocycles. The summed E-state index contributed by atoms with van der Waals surface area (Å²) in [5, 5.41) is 0. The van der Waals surface area contributed by atoms with Gasteiger partial charge in [-0.15, -0.1) is 0 Å². The topological polar surface area (TPSA) is 19.0 Å². The number of nitrogens with zero attached hydrogens (tertiary/aromatic N) is 2. The molecule has 0 amide bonds. The maximum atomic E-state index is 5.75. The predicted octanol–water partition coefficient (Wildman–Crippen LogP) is 1.58. The number of hydrogen-bond donors (Lipinski definition) is 0. The van der Waals surface area contributed by atoms with Crippen molar-refractivity contribution in [3.8, 4) is 0 Å². The molecule has 2 atom stereocenters. The van der Waals surface area contributed by atoms with Crippen LogP contribution in [0.5, 0.6) is 0 Å². The Kier molecular flexibility index (Phi) is 3.88. The predicted molar refractivity (Wildman–Crippen MR) is 66.7 cm³/mol. The molecule has 1 saturated heterocycles. The molecular formula is C13H26N2O. The van der Waals surface area contributed by atoms with Crippen LogP contribution in [0.15, 0.2) is 0 Å². The van der Waals surface area contributed by atoms with E-state index in [9.17, 15) is 0 Å². The van der Waals surface area contributed by atoms with Crippen LogP contribution in [0.25, 0.3) is 0 Å². The Bertz CT molecular complexity index is 226. The quantitative estimate of drug-likeness (QED) is 0.663. The molecule has 0 aromatic carbocycles. The lowest BCUT2D eigenvalue weighted by molar-refractivity contribution is 0.0895. The van der Waals surface area contributed by atoms with E-state index in [4.69, 9.17) is 4.74 Å². The first kappa shape index (κ1) is 12.3. The van der Waals surface area contributed by atoms with Crippen molar-refractivity contribution >= 4 is 0 Å². The highest BCUT2D eigenvalue weighted by Gasteiger charge is 2.53. The molecule has 0 aromatic heterocycles. The van der Waals surface area contributed by atoms with Crippen LogP contribution in [0, 0.1) is 0 Å². The average Bonchev–Trinajstić information content (AvgIpc) is 2.98. The van der Waals surface area contributed by atoms with Gasteiger partial charge in [-0.25, -0.2) is 0 Å². The Morgan fingerprint density at radius 1 is 1.19 bits per heavy atom. The number of ether oxygens (including phenoxy) is 1. The Morgan fingerprint density at radius 2 is 1.94 bits per heavy atom. The molecule has 1 saturated carbocycles. The van der Waals surface area contributed by atoms with E-state index in [2.05, 4.69) is 30.9 Å². The van der Waals surface area contributed by atoms with Crippen molar-refractivity contribution < 1.29 is 4.74 Å². The summed E-state index contributed by atoms with van der Waals surface area (Å²) in [4.78, 5) is 4.80. The van der Waals surface area contributed by atoms with Gasteiger partial charge in [0.2, 0.25) is 0 Å². The van der Waals surface area contributed by atoms with Gasteiger partial charge in [-0.2, -0.15) is 0 Å². The van der Waals surface area contributed by atoms with E-state index in [1.54, 1.807) is 0 Å².